The number of nitrogens with one attached hydrogen (secondary N) is 1. The molecule has 1 fully saturated rings. The number of carbonyl (C=O) groups excluding carboxylic acids is 2. The zero-order chi connectivity index (χ0) is 17.1. The minimum Gasteiger partial charge on any atom is -0.360 e. The Balaban J connectivity index is 1.55. The number of aromatic nitrogens is 2. The summed E-state index contributed by atoms with van der Waals surface area (Å²) in [6.07, 6.45) is 4.43. The summed E-state index contributed by atoms with van der Waals surface area (Å²) < 4.78 is 5.70. The fourth-order valence-corrected chi connectivity index (χ4v) is 3.07. The quantitative estimate of drug-likeness (QED) is 0.866. The summed E-state index contributed by atoms with van der Waals surface area (Å²) in [7, 11) is 0. The zero-order valence-electron chi connectivity index (χ0n) is 13.2. The maximum absolute atomic E-state index is 12.5. The van der Waals surface area contributed by atoms with Gasteiger partial charge in [0.15, 0.2) is 5.82 Å². The summed E-state index contributed by atoms with van der Waals surface area (Å²) >= 11 is 3.32. The van der Waals surface area contributed by atoms with Gasteiger partial charge in [0, 0.05) is 41.9 Å². The summed E-state index contributed by atoms with van der Waals surface area (Å²) in [6, 6.07) is 3.43. The molecule has 0 spiro atoms. The number of nitrogens with zero attached hydrogens (tertiary/aromatic N) is 3. The van der Waals surface area contributed by atoms with Crippen molar-refractivity contribution in [3.63, 3.8) is 0 Å². The van der Waals surface area contributed by atoms with Crippen molar-refractivity contribution in [3.8, 4) is 0 Å². The van der Waals surface area contributed by atoms with Gasteiger partial charge >= 0.3 is 0 Å². The molecule has 0 radical (unpaired) electrons. The summed E-state index contributed by atoms with van der Waals surface area (Å²) in [5.41, 5.74) is 0.547. The number of hydrogen-bond donors (Lipinski definition) is 1. The highest BCUT2D eigenvalue weighted by molar-refractivity contribution is 9.10. The number of piperidine rings is 1. The summed E-state index contributed by atoms with van der Waals surface area (Å²) in [5.74, 6) is 0.797. The van der Waals surface area contributed by atoms with Crippen LogP contribution >= 0.6 is 15.9 Å². The predicted molar refractivity (Wildman–Crippen MR) is 90.4 cm³/mol. The minimum atomic E-state index is -0.133. The largest absolute Gasteiger partial charge is 0.360 e. The van der Waals surface area contributed by atoms with Crippen molar-refractivity contribution in [2.24, 2.45) is 5.92 Å². The van der Waals surface area contributed by atoms with Gasteiger partial charge in [-0.1, -0.05) is 5.16 Å². The number of likely N-dealkylation sites (tertiary alicyclic amines) is 1. The molecule has 0 aromatic carbocycles. The first kappa shape index (κ1) is 16.6. The molecule has 0 unspecified atom stereocenters. The first-order chi connectivity index (χ1) is 11.5. The van der Waals surface area contributed by atoms with Crippen molar-refractivity contribution in [2.45, 2.75) is 19.8 Å². The van der Waals surface area contributed by atoms with Crippen LogP contribution in [-0.2, 0) is 4.79 Å². The summed E-state index contributed by atoms with van der Waals surface area (Å²) in [5, 5.41) is 6.51. The molecule has 3 rings (SSSR count). The molecular formula is C16H17BrN4O3. The van der Waals surface area contributed by atoms with Crippen LogP contribution in [-0.4, -0.2) is 39.9 Å². The first-order valence-electron chi connectivity index (χ1n) is 7.67. The van der Waals surface area contributed by atoms with Crippen molar-refractivity contribution in [2.75, 3.05) is 18.4 Å². The molecule has 0 atom stereocenters. The molecular weight excluding hydrogens is 376 g/mol. The number of halogens is 1. The molecule has 1 aliphatic heterocycles. The van der Waals surface area contributed by atoms with Crippen LogP contribution in [0.5, 0.6) is 0 Å². The lowest BCUT2D eigenvalue weighted by Crippen LogP contribution is -2.41. The fraction of sp³-hybridized carbons (Fsp3) is 0.375. The highest BCUT2D eigenvalue weighted by atomic mass is 79.9. The van der Waals surface area contributed by atoms with Gasteiger partial charge in [-0.05, 0) is 41.8 Å². The van der Waals surface area contributed by atoms with Crippen molar-refractivity contribution in [1.82, 2.24) is 15.0 Å². The normalized spacial score (nSPS) is 15.3. The van der Waals surface area contributed by atoms with Crippen LogP contribution in [0.15, 0.2) is 33.5 Å². The maximum atomic E-state index is 12.5. The van der Waals surface area contributed by atoms with Crippen LogP contribution in [0.3, 0.4) is 0 Å². The molecule has 8 heteroatoms. The van der Waals surface area contributed by atoms with Gasteiger partial charge in [0.1, 0.15) is 5.76 Å². The molecule has 2 aromatic rings. The Bertz CT molecular complexity index is 753. The number of carbonyl (C=O) groups is 2. The molecule has 7 nitrogen and oxygen atoms in total. The molecule has 0 aliphatic carbocycles. The van der Waals surface area contributed by atoms with E-state index in [1.54, 1.807) is 36.4 Å². The van der Waals surface area contributed by atoms with Gasteiger partial charge in [0.25, 0.3) is 5.91 Å². The predicted octanol–water partition coefficient (Wildman–Crippen LogP) is 2.63. The first-order valence-corrected chi connectivity index (χ1v) is 8.46. The minimum absolute atomic E-state index is 0.0604. The maximum Gasteiger partial charge on any atom is 0.255 e. The smallest absolute Gasteiger partial charge is 0.255 e. The van der Waals surface area contributed by atoms with Gasteiger partial charge in [0.05, 0.1) is 5.56 Å². The second-order valence-corrected chi connectivity index (χ2v) is 6.69. The molecule has 0 saturated carbocycles. The Morgan fingerprint density at radius 2 is 2.04 bits per heavy atom. The highest BCUT2D eigenvalue weighted by Crippen LogP contribution is 2.21. The number of pyridine rings is 1. The van der Waals surface area contributed by atoms with Crippen LogP contribution in [0.2, 0.25) is 0 Å². The molecule has 2 amide bonds. The van der Waals surface area contributed by atoms with Gasteiger partial charge in [0.2, 0.25) is 5.91 Å². The zero-order valence-corrected chi connectivity index (χ0v) is 14.7. The van der Waals surface area contributed by atoms with Crippen molar-refractivity contribution >= 4 is 33.6 Å². The topological polar surface area (TPSA) is 88.3 Å². The van der Waals surface area contributed by atoms with Crippen molar-refractivity contribution in [3.05, 3.63) is 40.3 Å². The van der Waals surface area contributed by atoms with Gasteiger partial charge in [-0.2, -0.15) is 0 Å². The van der Waals surface area contributed by atoms with Crippen LogP contribution < -0.4 is 5.32 Å². The van der Waals surface area contributed by atoms with Crippen LogP contribution in [0, 0.1) is 12.8 Å². The molecule has 1 N–H and O–H groups in total. The van der Waals surface area contributed by atoms with E-state index in [-0.39, 0.29) is 17.7 Å². The van der Waals surface area contributed by atoms with E-state index < -0.39 is 0 Å². The second kappa shape index (κ2) is 7.12. The third kappa shape index (κ3) is 3.81. The number of rotatable bonds is 3. The van der Waals surface area contributed by atoms with E-state index in [0.717, 1.165) is 4.47 Å². The second-order valence-electron chi connectivity index (χ2n) is 5.77. The van der Waals surface area contributed by atoms with Gasteiger partial charge in [-0.15, -0.1) is 0 Å². The average molecular weight is 393 g/mol. The molecule has 1 saturated heterocycles. The third-order valence-electron chi connectivity index (χ3n) is 3.98. The number of anilines is 1. The lowest BCUT2D eigenvalue weighted by Gasteiger charge is -2.31. The molecule has 24 heavy (non-hydrogen) atoms. The van der Waals surface area contributed by atoms with Gasteiger partial charge < -0.3 is 14.7 Å². The van der Waals surface area contributed by atoms with E-state index in [1.165, 1.54) is 0 Å². The monoisotopic (exact) mass is 392 g/mol. The van der Waals surface area contributed by atoms with Crippen LogP contribution in [0.4, 0.5) is 5.82 Å². The van der Waals surface area contributed by atoms with E-state index >= 15 is 0 Å². The number of aryl methyl sites for hydroxylation is 1. The molecule has 3 heterocycles. The Morgan fingerprint density at radius 3 is 2.67 bits per heavy atom. The van der Waals surface area contributed by atoms with E-state index in [4.69, 9.17) is 4.52 Å². The van der Waals surface area contributed by atoms with Crippen LogP contribution in [0.1, 0.15) is 29.0 Å². The Kier molecular flexibility index (Phi) is 4.94. The van der Waals surface area contributed by atoms with E-state index in [1.807, 2.05) is 0 Å². The van der Waals surface area contributed by atoms with E-state index in [2.05, 4.69) is 31.4 Å². The SMILES string of the molecule is Cc1cc(NC(=O)C2CCN(C(=O)c3cncc(Br)c3)CC2)no1. The van der Waals surface area contributed by atoms with Crippen molar-refractivity contribution < 1.29 is 14.1 Å². The average Bonchev–Trinajstić information content (AvgIpc) is 2.99. The summed E-state index contributed by atoms with van der Waals surface area (Å²) in [6.45, 7) is 2.85. The van der Waals surface area contributed by atoms with E-state index in [9.17, 15) is 9.59 Å². The lowest BCUT2D eigenvalue weighted by molar-refractivity contribution is -0.121. The Morgan fingerprint density at radius 1 is 1.29 bits per heavy atom. The molecule has 2 aromatic heterocycles. The Labute approximate surface area is 147 Å². The van der Waals surface area contributed by atoms with Crippen molar-refractivity contribution in [1.29, 1.82) is 0 Å². The molecule has 126 valence electrons. The lowest BCUT2D eigenvalue weighted by atomic mass is 9.95. The van der Waals surface area contributed by atoms with Gasteiger partial charge in [-0.3, -0.25) is 14.6 Å². The number of amides is 2. The Hall–Kier alpha value is -2.22. The number of hydrogen-bond acceptors (Lipinski definition) is 5. The molecule has 0 bridgehead atoms. The standard InChI is InChI=1S/C16H17BrN4O3/c1-10-6-14(20-24-10)19-15(22)11-2-4-21(5-3-11)16(23)12-7-13(17)9-18-8-12/h6-9,11H,2-5H2,1H3,(H,19,20,22). The third-order valence-corrected chi connectivity index (χ3v) is 4.42. The molecule has 1 aliphatic rings. The van der Waals surface area contributed by atoms with E-state index in [0.29, 0.717) is 43.1 Å². The fourth-order valence-electron chi connectivity index (χ4n) is 2.71. The highest BCUT2D eigenvalue weighted by Gasteiger charge is 2.28. The summed E-state index contributed by atoms with van der Waals surface area (Å²) in [4.78, 5) is 30.5. The van der Waals surface area contributed by atoms with Gasteiger partial charge in [-0.25, -0.2) is 0 Å². The van der Waals surface area contributed by atoms with Crippen LogP contribution in [0.25, 0.3) is 0 Å².